The lowest BCUT2D eigenvalue weighted by atomic mass is 10.2. The van der Waals surface area contributed by atoms with Gasteiger partial charge < -0.3 is 16.7 Å². The molecule has 0 atom stereocenters. The molecule has 6 nitrogen and oxygen atoms in total. The van der Waals surface area contributed by atoms with Gasteiger partial charge in [-0.15, -0.1) is 0 Å². The number of amidine groups is 1. The lowest BCUT2D eigenvalue weighted by Crippen LogP contribution is -2.20. The standard InChI is InChI=1S/C11H9ClF3N5O/c12-5-1-3-6(4-2-5)20-10(17)7(11(13,14)15)8(18-20)9(16)19-21/h1-4,21H,17H2,(H2,16,19). The van der Waals surface area contributed by atoms with Crippen molar-refractivity contribution in [2.75, 3.05) is 5.73 Å². The van der Waals surface area contributed by atoms with Crippen molar-refractivity contribution in [3.63, 3.8) is 0 Å². The Kier molecular flexibility index (Phi) is 3.69. The van der Waals surface area contributed by atoms with Gasteiger partial charge in [0.1, 0.15) is 17.1 Å². The van der Waals surface area contributed by atoms with Gasteiger partial charge in [0.05, 0.1) is 5.69 Å². The number of nitrogen functional groups attached to an aromatic ring is 1. The van der Waals surface area contributed by atoms with E-state index in [1.807, 2.05) is 0 Å². The Labute approximate surface area is 121 Å². The highest BCUT2D eigenvalue weighted by Crippen LogP contribution is 2.37. The van der Waals surface area contributed by atoms with Crippen LogP contribution >= 0.6 is 11.6 Å². The molecule has 0 unspecified atom stereocenters. The van der Waals surface area contributed by atoms with Crippen molar-refractivity contribution in [1.29, 1.82) is 0 Å². The summed E-state index contributed by atoms with van der Waals surface area (Å²) < 4.78 is 40.0. The van der Waals surface area contributed by atoms with E-state index in [4.69, 9.17) is 28.3 Å². The summed E-state index contributed by atoms with van der Waals surface area (Å²) in [5.41, 5.74) is 8.96. The third-order valence-corrected chi connectivity index (χ3v) is 2.88. The van der Waals surface area contributed by atoms with E-state index in [0.717, 1.165) is 4.68 Å². The smallest absolute Gasteiger partial charge is 0.409 e. The van der Waals surface area contributed by atoms with Crippen LogP contribution in [0.4, 0.5) is 19.0 Å². The number of benzene rings is 1. The predicted octanol–water partition coefficient (Wildman–Crippen LogP) is 2.22. The van der Waals surface area contributed by atoms with Crippen LogP contribution in [0.5, 0.6) is 0 Å². The summed E-state index contributed by atoms with van der Waals surface area (Å²) in [5, 5.41) is 15.2. The van der Waals surface area contributed by atoms with Gasteiger partial charge in [-0.05, 0) is 24.3 Å². The molecule has 0 aliphatic heterocycles. The maximum Gasteiger partial charge on any atom is 0.422 e. The average molecular weight is 320 g/mol. The van der Waals surface area contributed by atoms with Crippen molar-refractivity contribution in [3.05, 3.63) is 40.5 Å². The first-order chi connectivity index (χ1) is 9.75. The quantitative estimate of drug-likeness (QED) is 0.342. The molecule has 0 bridgehead atoms. The maximum absolute atomic E-state index is 13.1. The minimum Gasteiger partial charge on any atom is -0.409 e. The zero-order valence-electron chi connectivity index (χ0n) is 10.3. The third kappa shape index (κ3) is 2.72. The normalized spacial score (nSPS) is 12.7. The van der Waals surface area contributed by atoms with Gasteiger partial charge in [0.15, 0.2) is 5.84 Å². The Balaban J connectivity index is 2.70. The molecule has 5 N–H and O–H groups in total. The van der Waals surface area contributed by atoms with E-state index in [-0.39, 0.29) is 5.69 Å². The minimum absolute atomic E-state index is 0.249. The fourth-order valence-electron chi connectivity index (χ4n) is 1.72. The van der Waals surface area contributed by atoms with Gasteiger partial charge in [-0.25, -0.2) is 4.68 Å². The summed E-state index contributed by atoms with van der Waals surface area (Å²) in [4.78, 5) is 0. The molecular weight excluding hydrogens is 311 g/mol. The first kappa shape index (κ1) is 15.0. The number of oxime groups is 1. The van der Waals surface area contributed by atoms with Crippen LogP contribution in [0.3, 0.4) is 0 Å². The molecule has 0 saturated carbocycles. The molecule has 0 amide bonds. The molecule has 0 aliphatic carbocycles. The van der Waals surface area contributed by atoms with Gasteiger partial charge >= 0.3 is 6.18 Å². The third-order valence-electron chi connectivity index (χ3n) is 2.63. The molecule has 0 spiro atoms. The number of hydrogen-bond acceptors (Lipinski definition) is 4. The van der Waals surface area contributed by atoms with Crippen LogP contribution in [-0.4, -0.2) is 20.8 Å². The number of anilines is 1. The summed E-state index contributed by atoms with van der Waals surface area (Å²) in [6.07, 6.45) is -4.81. The first-order valence-corrected chi connectivity index (χ1v) is 5.83. The Hall–Kier alpha value is -2.42. The molecular formula is C11H9ClF3N5O. The zero-order valence-corrected chi connectivity index (χ0v) is 11.0. The molecule has 112 valence electrons. The van der Waals surface area contributed by atoms with Gasteiger partial charge in [-0.2, -0.15) is 18.3 Å². The number of halogens is 4. The number of nitrogens with two attached hydrogens (primary N) is 2. The van der Waals surface area contributed by atoms with E-state index in [1.54, 1.807) is 0 Å². The van der Waals surface area contributed by atoms with Crippen LogP contribution in [0.1, 0.15) is 11.3 Å². The highest BCUT2D eigenvalue weighted by molar-refractivity contribution is 6.30. The SMILES string of the molecule is NC(=NO)c1nn(-c2ccc(Cl)cc2)c(N)c1C(F)(F)F. The maximum atomic E-state index is 13.1. The molecule has 10 heteroatoms. The van der Waals surface area contributed by atoms with Crippen molar-refractivity contribution in [1.82, 2.24) is 9.78 Å². The van der Waals surface area contributed by atoms with Gasteiger partial charge in [-0.3, -0.25) is 0 Å². The average Bonchev–Trinajstić information content (AvgIpc) is 2.76. The molecule has 1 heterocycles. The molecule has 1 aromatic heterocycles. The zero-order chi connectivity index (χ0) is 15.8. The molecule has 0 radical (unpaired) electrons. The Morgan fingerprint density at radius 1 is 1.29 bits per heavy atom. The van der Waals surface area contributed by atoms with E-state index in [2.05, 4.69) is 10.3 Å². The fraction of sp³-hybridized carbons (Fsp3) is 0.0909. The number of nitrogens with zero attached hydrogens (tertiary/aromatic N) is 3. The molecule has 1 aromatic carbocycles. The topological polar surface area (TPSA) is 102 Å². The summed E-state index contributed by atoms with van der Waals surface area (Å²) in [7, 11) is 0. The van der Waals surface area contributed by atoms with Gasteiger partial charge in [0.2, 0.25) is 0 Å². The number of aromatic nitrogens is 2. The fourth-order valence-corrected chi connectivity index (χ4v) is 1.84. The second-order valence-electron chi connectivity index (χ2n) is 3.98. The highest BCUT2D eigenvalue weighted by atomic mass is 35.5. The van der Waals surface area contributed by atoms with Gasteiger partial charge in [0.25, 0.3) is 0 Å². The number of hydrogen-bond donors (Lipinski definition) is 3. The first-order valence-electron chi connectivity index (χ1n) is 5.45. The Morgan fingerprint density at radius 2 is 1.86 bits per heavy atom. The van der Waals surface area contributed by atoms with Crippen molar-refractivity contribution in [2.45, 2.75) is 6.18 Å². The molecule has 0 aliphatic rings. The van der Waals surface area contributed by atoms with Crippen LogP contribution < -0.4 is 11.5 Å². The van der Waals surface area contributed by atoms with E-state index in [9.17, 15) is 13.2 Å². The lowest BCUT2D eigenvalue weighted by molar-refractivity contribution is -0.137. The van der Waals surface area contributed by atoms with Crippen molar-refractivity contribution >= 4 is 23.3 Å². The summed E-state index contributed by atoms with van der Waals surface area (Å²) in [6.45, 7) is 0. The molecule has 2 rings (SSSR count). The highest BCUT2D eigenvalue weighted by Gasteiger charge is 2.41. The van der Waals surface area contributed by atoms with Crippen LogP contribution in [0.25, 0.3) is 5.69 Å². The Bertz CT molecular complexity index is 693. The largest absolute Gasteiger partial charge is 0.422 e. The van der Waals surface area contributed by atoms with Gasteiger partial charge in [0, 0.05) is 5.02 Å². The number of alkyl halides is 3. The number of rotatable bonds is 2. The van der Waals surface area contributed by atoms with E-state index in [0.29, 0.717) is 5.02 Å². The van der Waals surface area contributed by atoms with Crippen molar-refractivity contribution in [2.24, 2.45) is 10.9 Å². The van der Waals surface area contributed by atoms with E-state index in [1.165, 1.54) is 24.3 Å². The molecule has 0 fully saturated rings. The van der Waals surface area contributed by atoms with E-state index >= 15 is 0 Å². The van der Waals surface area contributed by atoms with Crippen molar-refractivity contribution < 1.29 is 18.4 Å². The predicted molar refractivity (Wildman–Crippen MR) is 70.5 cm³/mol. The second kappa shape index (κ2) is 5.17. The molecule has 2 aromatic rings. The van der Waals surface area contributed by atoms with Crippen LogP contribution in [-0.2, 0) is 6.18 Å². The Morgan fingerprint density at radius 3 is 2.33 bits per heavy atom. The van der Waals surface area contributed by atoms with E-state index < -0.39 is 29.1 Å². The molecule has 0 saturated heterocycles. The monoisotopic (exact) mass is 319 g/mol. The summed E-state index contributed by atoms with van der Waals surface area (Å²) in [5.74, 6) is -1.46. The van der Waals surface area contributed by atoms with Crippen LogP contribution in [0.15, 0.2) is 29.4 Å². The summed E-state index contributed by atoms with van der Waals surface area (Å²) >= 11 is 5.71. The lowest BCUT2D eigenvalue weighted by Gasteiger charge is -2.08. The van der Waals surface area contributed by atoms with Gasteiger partial charge in [-0.1, -0.05) is 16.8 Å². The second-order valence-corrected chi connectivity index (χ2v) is 4.42. The van der Waals surface area contributed by atoms with Crippen LogP contribution in [0, 0.1) is 0 Å². The minimum atomic E-state index is -4.81. The van der Waals surface area contributed by atoms with Crippen LogP contribution in [0.2, 0.25) is 5.02 Å². The summed E-state index contributed by atoms with van der Waals surface area (Å²) in [6, 6.07) is 5.80. The van der Waals surface area contributed by atoms with Crippen molar-refractivity contribution in [3.8, 4) is 5.69 Å². The molecule has 21 heavy (non-hydrogen) atoms.